The van der Waals surface area contributed by atoms with E-state index < -0.39 is 11.5 Å². The first-order valence-electron chi connectivity index (χ1n) is 9.58. The van der Waals surface area contributed by atoms with Gasteiger partial charge in [-0.25, -0.2) is 0 Å². The fourth-order valence-corrected chi connectivity index (χ4v) is 4.75. The van der Waals surface area contributed by atoms with Gasteiger partial charge in [0.25, 0.3) is 0 Å². The number of hydrogen-bond acceptors (Lipinski definition) is 4. The third-order valence-corrected chi connectivity index (χ3v) is 6.24. The zero-order valence-corrected chi connectivity index (χ0v) is 15.6. The van der Waals surface area contributed by atoms with E-state index in [9.17, 15) is 9.59 Å². The number of rotatable bonds is 5. The number of Topliss-reactive ketones (excluding diaryl/α,β-unsaturated/α-hetero) is 1. The molecule has 1 saturated heterocycles. The molecule has 3 atom stereocenters. The Hall–Kier alpha value is -3.14. The van der Waals surface area contributed by atoms with Gasteiger partial charge in [0.1, 0.15) is 11.8 Å². The van der Waals surface area contributed by atoms with Crippen molar-refractivity contribution in [2.24, 2.45) is 11.3 Å². The summed E-state index contributed by atoms with van der Waals surface area (Å²) in [4.78, 5) is 25.5. The number of hydrogen-bond donors (Lipinski definition) is 1. The molecule has 0 aromatic heterocycles. The summed E-state index contributed by atoms with van der Waals surface area (Å²) in [5.41, 5.74) is 3.76. The molecule has 5 rings (SSSR count). The molecule has 0 bridgehead atoms. The molecule has 2 fully saturated rings. The second kappa shape index (κ2) is 6.20. The van der Waals surface area contributed by atoms with Crippen LogP contribution >= 0.6 is 0 Å². The average molecular weight is 371 g/mol. The van der Waals surface area contributed by atoms with Gasteiger partial charge in [0.2, 0.25) is 0 Å². The minimum absolute atomic E-state index is 0.0375. The highest BCUT2D eigenvalue weighted by Gasteiger charge is 2.75. The van der Waals surface area contributed by atoms with Crippen molar-refractivity contribution in [2.45, 2.75) is 18.9 Å². The molecule has 3 aliphatic rings. The van der Waals surface area contributed by atoms with Crippen LogP contribution in [0.15, 0.2) is 66.4 Å². The minimum Gasteiger partial charge on any atom is -0.496 e. The van der Waals surface area contributed by atoms with Crippen LogP contribution in [0.2, 0.25) is 0 Å². The molecule has 0 radical (unpaired) electrons. The van der Waals surface area contributed by atoms with Crippen LogP contribution in [0.5, 0.6) is 5.75 Å². The molecule has 1 spiro atoms. The molecule has 2 aliphatic carbocycles. The average Bonchev–Trinajstić information content (AvgIpc) is 3.12. The lowest BCUT2D eigenvalue weighted by molar-refractivity contribution is -0.119. The maximum absolute atomic E-state index is 12.8. The number of piperidine rings is 1. The largest absolute Gasteiger partial charge is 0.496 e. The number of ketones is 2. The monoisotopic (exact) mass is 371 g/mol. The molecule has 3 unspecified atom stereocenters. The summed E-state index contributed by atoms with van der Waals surface area (Å²) in [6.45, 7) is 0. The Morgan fingerprint density at radius 1 is 1.21 bits per heavy atom. The number of ether oxygens (including phenoxy) is 1. The van der Waals surface area contributed by atoms with E-state index in [1.54, 1.807) is 13.2 Å². The molecule has 4 heteroatoms. The number of allylic oxidation sites excluding steroid dienone is 2. The zero-order valence-electron chi connectivity index (χ0n) is 15.6. The topological polar surface area (TPSA) is 55.4 Å². The maximum Gasteiger partial charge on any atom is 0.178 e. The Morgan fingerprint density at radius 3 is 2.86 bits per heavy atom. The van der Waals surface area contributed by atoms with E-state index in [4.69, 9.17) is 4.74 Å². The van der Waals surface area contributed by atoms with Crippen LogP contribution < -0.4 is 10.1 Å². The summed E-state index contributed by atoms with van der Waals surface area (Å²) in [5.74, 6) is 0.729. The lowest BCUT2D eigenvalue weighted by Crippen LogP contribution is -2.35. The molecule has 1 N–H and O–H groups in total. The van der Waals surface area contributed by atoms with E-state index in [-0.39, 0.29) is 17.5 Å². The first kappa shape index (κ1) is 17.0. The number of benzene rings is 2. The molecule has 0 amide bonds. The minimum atomic E-state index is -0.495. The van der Waals surface area contributed by atoms with E-state index in [1.165, 1.54) is 5.56 Å². The number of carbonyl (C=O) groups excluding carboxylic acids is 2. The molecule has 1 saturated carbocycles. The van der Waals surface area contributed by atoms with Gasteiger partial charge in [0.15, 0.2) is 11.6 Å². The fourth-order valence-electron chi connectivity index (χ4n) is 4.75. The van der Waals surface area contributed by atoms with Gasteiger partial charge in [-0.3, -0.25) is 9.59 Å². The Kier molecular flexibility index (Phi) is 3.76. The standard InChI is InChI=1S/C24H21NO3/c1-28-19-12-5-4-7-15(19)10-6-11-18(26)22-21-23(27)24(21)14-17-9-3-2-8-16(17)13-20(24)25-22/h2-9,11-13,21-22,25H,10,14H2,1H3. The van der Waals surface area contributed by atoms with Crippen molar-refractivity contribution in [2.75, 3.05) is 7.11 Å². The van der Waals surface area contributed by atoms with Crippen LogP contribution in [0.1, 0.15) is 16.7 Å². The Bertz CT molecular complexity index is 1050. The van der Waals surface area contributed by atoms with E-state index in [0.29, 0.717) is 12.8 Å². The van der Waals surface area contributed by atoms with E-state index in [0.717, 1.165) is 22.6 Å². The highest BCUT2D eigenvalue weighted by Crippen LogP contribution is 2.63. The third kappa shape index (κ3) is 2.37. The van der Waals surface area contributed by atoms with Crippen LogP contribution in [0.4, 0.5) is 0 Å². The molecule has 1 heterocycles. The van der Waals surface area contributed by atoms with Gasteiger partial charge in [-0.2, -0.15) is 0 Å². The molecule has 28 heavy (non-hydrogen) atoms. The van der Waals surface area contributed by atoms with Gasteiger partial charge in [0.05, 0.1) is 18.4 Å². The van der Waals surface area contributed by atoms with Crippen molar-refractivity contribution in [3.63, 3.8) is 0 Å². The zero-order chi connectivity index (χ0) is 19.3. The molecule has 1 aliphatic heterocycles. The number of nitrogens with one attached hydrogen (secondary N) is 1. The van der Waals surface area contributed by atoms with E-state index in [2.05, 4.69) is 17.4 Å². The molecule has 4 nitrogen and oxygen atoms in total. The third-order valence-electron chi connectivity index (χ3n) is 6.24. The molecular formula is C24H21NO3. The van der Waals surface area contributed by atoms with Gasteiger partial charge in [-0.05, 0) is 47.8 Å². The highest BCUT2D eigenvalue weighted by molar-refractivity contribution is 6.15. The predicted octanol–water partition coefficient (Wildman–Crippen LogP) is 3.12. The van der Waals surface area contributed by atoms with Crippen LogP contribution in [-0.2, 0) is 22.4 Å². The predicted molar refractivity (Wildman–Crippen MR) is 107 cm³/mol. The maximum atomic E-state index is 12.8. The lowest BCUT2D eigenvalue weighted by Gasteiger charge is -2.22. The smallest absolute Gasteiger partial charge is 0.178 e. The fraction of sp³-hybridized carbons (Fsp3) is 0.250. The molecule has 2 aromatic carbocycles. The van der Waals surface area contributed by atoms with Crippen molar-refractivity contribution in [3.8, 4) is 5.75 Å². The second-order valence-corrected chi connectivity index (χ2v) is 7.69. The highest BCUT2D eigenvalue weighted by atomic mass is 16.5. The first-order valence-corrected chi connectivity index (χ1v) is 9.58. The van der Waals surface area contributed by atoms with Gasteiger partial charge in [-0.15, -0.1) is 0 Å². The van der Waals surface area contributed by atoms with Crippen LogP contribution in [-0.4, -0.2) is 24.7 Å². The lowest BCUT2D eigenvalue weighted by atomic mass is 9.84. The summed E-state index contributed by atoms with van der Waals surface area (Å²) in [6.07, 6.45) is 6.81. The number of methoxy groups -OCH3 is 1. The Balaban J connectivity index is 1.34. The number of fused-ring (bicyclic) bond motifs is 1. The second-order valence-electron chi connectivity index (χ2n) is 7.69. The summed E-state index contributed by atoms with van der Waals surface area (Å²) < 4.78 is 5.35. The Morgan fingerprint density at radius 2 is 2.00 bits per heavy atom. The molecule has 140 valence electrons. The quantitative estimate of drug-likeness (QED) is 0.821. The van der Waals surface area contributed by atoms with Crippen molar-refractivity contribution < 1.29 is 14.3 Å². The van der Waals surface area contributed by atoms with Crippen molar-refractivity contribution in [1.82, 2.24) is 5.32 Å². The van der Waals surface area contributed by atoms with Gasteiger partial charge < -0.3 is 10.1 Å². The van der Waals surface area contributed by atoms with Crippen molar-refractivity contribution >= 4 is 17.6 Å². The normalized spacial score (nSPS) is 26.8. The van der Waals surface area contributed by atoms with E-state index >= 15 is 0 Å². The van der Waals surface area contributed by atoms with Crippen molar-refractivity contribution in [3.05, 3.63) is 83.1 Å². The van der Waals surface area contributed by atoms with Gasteiger partial charge in [0, 0.05) is 5.70 Å². The summed E-state index contributed by atoms with van der Waals surface area (Å²) in [5, 5.41) is 3.34. The number of para-hydroxylation sites is 1. The number of carbonyl (C=O) groups is 2. The Labute approximate surface area is 163 Å². The van der Waals surface area contributed by atoms with Crippen LogP contribution in [0, 0.1) is 11.3 Å². The first-order chi connectivity index (χ1) is 13.6. The molecule has 2 aromatic rings. The SMILES string of the molecule is COc1ccccc1CC=CC(=O)C1NC2=Cc3ccccc3CC23C(=O)C13. The van der Waals surface area contributed by atoms with Crippen LogP contribution in [0.25, 0.3) is 6.08 Å². The molecular weight excluding hydrogens is 350 g/mol. The summed E-state index contributed by atoms with van der Waals surface area (Å²) in [6, 6.07) is 15.4. The van der Waals surface area contributed by atoms with Gasteiger partial charge >= 0.3 is 0 Å². The van der Waals surface area contributed by atoms with Crippen LogP contribution in [0.3, 0.4) is 0 Å². The van der Waals surface area contributed by atoms with Gasteiger partial charge in [-0.1, -0.05) is 48.5 Å². The van der Waals surface area contributed by atoms with E-state index in [1.807, 2.05) is 48.6 Å². The summed E-state index contributed by atoms with van der Waals surface area (Å²) in [7, 11) is 1.64. The summed E-state index contributed by atoms with van der Waals surface area (Å²) >= 11 is 0. The van der Waals surface area contributed by atoms with Crippen molar-refractivity contribution in [1.29, 1.82) is 0 Å².